The van der Waals surface area contributed by atoms with Crippen molar-refractivity contribution in [1.82, 2.24) is 0 Å². The van der Waals surface area contributed by atoms with Gasteiger partial charge in [0.15, 0.2) is 0 Å². The van der Waals surface area contributed by atoms with E-state index in [1.54, 1.807) is 0 Å². The van der Waals surface area contributed by atoms with Crippen LogP contribution in [0.15, 0.2) is 24.3 Å². The normalized spacial score (nSPS) is 27.9. The average Bonchev–Trinajstić information content (AvgIpc) is 2.47. The third kappa shape index (κ3) is 2.45. The van der Waals surface area contributed by atoms with Crippen LogP contribution in [0.3, 0.4) is 0 Å². The van der Waals surface area contributed by atoms with Gasteiger partial charge in [0.1, 0.15) is 0 Å². The van der Waals surface area contributed by atoms with Crippen molar-refractivity contribution in [2.45, 2.75) is 49.9 Å². The molecule has 0 aromatic heterocycles. The highest BCUT2D eigenvalue weighted by molar-refractivity contribution is 9.08. The highest BCUT2D eigenvalue weighted by Crippen LogP contribution is 2.37. The van der Waals surface area contributed by atoms with Crippen molar-refractivity contribution < 1.29 is 0 Å². The molecule has 0 bridgehead atoms. The second-order valence-electron chi connectivity index (χ2n) is 5.75. The van der Waals surface area contributed by atoms with E-state index in [1.807, 2.05) is 0 Å². The first-order valence-corrected chi connectivity index (χ1v) is 8.42. The first-order chi connectivity index (χ1) is 8.88. The number of halogens is 1. The lowest BCUT2D eigenvalue weighted by Gasteiger charge is -2.45. The molecule has 1 heterocycles. The smallest absolute Gasteiger partial charge is 0.0368 e. The SMILES string of the molecule is BrCc1ccc(N2CCC[C@H]3CCCC[C@H]32)cc1. The zero-order valence-electron chi connectivity index (χ0n) is 10.9. The van der Waals surface area contributed by atoms with E-state index in [9.17, 15) is 0 Å². The summed E-state index contributed by atoms with van der Waals surface area (Å²) in [5, 5.41) is 0.958. The molecule has 1 aliphatic carbocycles. The third-order valence-electron chi connectivity index (χ3n) is 4.67. The van der Waals surface area contributed by atoms with Gasteiger partial charge in [-0.2, -0.15) is 0 Å². The van der Waals surface area contributed by atoms with Gasteiger partial charge in [-0.25, -0.2) is 0 Å². The lowest BCUT2D eigenvalue weighted by atomic mass is 9.78. The molecule has 18 heavy (non-hydrogen) atoms. The molecule has 2 heteroatoms. The Balaban J connectivity index is 1.80. The van der Waals surface area contributed by atoms with Gasteiger partial charge in [-0.3, -0.25) is 0 Å². The molecule has 0 unspecified atom stereocenters. The first kappa shape index (κ1) is 12.5. The molecule has 1 nitrogen and oxygen atoms in total. The fourth-order valence-electron chi connectivity index (χ4n) is 3.72. The maximum absolute atomic E-state index is 3.52. The van der Waals surface area contributed by atoms with Crippen LogP contribution in [0.5, 0.6) is 0 Å². The lowest BCUT2D eigenvalue weighted by molar-refractivity contribution is 0.244. The van der Waals surface area contributed by atoms with Gasteiger partial charge in [0.2, 0.25) is 0 Å². The maximum atomic E-state index is 3.52. The number of anilines is 1. The van der Waals surface area contributed by atoms with E-state index in [0.29, 0.717) is 0 Å². The summed E-state index contributed by atoms with van der Waals surface area (Å²) >= 11 is 3.52. The van der Waals surface area contributed by atoms with Gasteiger partial charge in [0.25, 0.3) is 0 Å². The molecule has 0 radical (unpaired) electrons. The molecular formula is C16H22BrN. The molecular weight excluding hydrogens is 286 g/mol. The number of piperidine rings is 1. The zero-order chi connectivity index (χ0) is 12.4. The Morgan fingerprint density at radius 3 is 2.50 bits per heavy atom. The van der Waals surface area contributed by atoms with Crippen molar-refractivity contribution in [3.63, 3.8) is 0 Å². The van der Waals surface area contributed by atoms with Crippen LogP contribution < -0.4 is 4.90 Å². The Bertz CT molecular complexity index is 385. The van der Waals surface area contributed by atoms with Crippen LogP contribution in [0.4, 0.5) is 5.69 Å². The minimum absolute atomic E-state index is 0.822. The van der Waals surface area contributed by atoms with Gasteiger partial charge in [-0.05, 0) is 49.3 Å². The van der Waals surface area contributed by atoms with Crippen LogP contribution in [0.1, 0.15) is 44.1 Å². The monoisotopic (exact) mass is 307 g/mol. The van der Waals surface area contributed by atoms with E-state index >= 15 is 0 Å². The summed E-state index contributed by atoms with van der Waals surface area (Å²) in [5.74, 6) is 0.961. The average molecular weight is 308 g/mol. The molecule has 2 aliphatic rings. The number of nitrogens with zero attached hydrogens (tertiary/aromatic N) is 1. The molecule has 98 valence electrons. The van der Waals surface area contributed by atoms with Crippen LogP contribution in [0.2, 0.25) is 0 Å². The Labute approximate surface area is 119 Å². The van der Waals surface area contributed by atoms with Crippen LogP contribution in [0.25, 0.3) is 0 Å². The standard InChI is InChI=1S/C16H22BrN/c17-12-13-7-9-15(10-8-13)18-11-3-5-14-4-1-2-6-16(14)18/h7-10,14,16H,1-6,11-12H2/t14-,16-/m1/s1. The van der Waals surface area contributed by atoms with Crippen molar-refractivity contribution in [2.75, 3.05) is 11.4 Å². The highest BCUT2D eigenvalue weighted by Gasteiger charge is 2.33. The van der Waals surface area contributed by atoms with Gasteiger partial charge < -0.3 is 4.90 Å². The molecule has 1 saturated carbocycles. The minimum atomic E-state index is 0.822. The molecule has 1 saturated heterocycles. The van der Waals surface area contributed by atoms with E-state index in [4.69, 9.17) is 0 Å². The number of fused-ring (bicyclic) bond motifs is 1. The van der Waals surface area contributed by atoms with E-state index in [1.165, 1.54) is 56.3 Å². The number of rotatable bonds is 2. The fraction of sp³-hybridized carbons (Fsp3) is 0.625. The molecule has 0 N–H and O–H groups in total. The van der Waals surface area contributed by atoms with Gasteiger partial charge in [0.05, 0.1) is 0 Å². The Hall–Kier alpha value is -0.500. The number of hydrogen-bond acceptors (Lipinski definition) is 1. The molecule has 0 amide bonds. The van der Waals surface area contributed by atoms with Crippen LogP contribution in [-0.4, -0.2) is 12.6 Å². The van der Waals surface area contributed by atoms with Crippen molar-refractivity contribution in [1.29, 1.82) is 0 Å². The van der Waals surface area contributed by atoms with Gasteiger partial charge in [-0.1, -0.05) is 40.9 Å². The zero-order valence-corrected chi connectivity index (χ0v) is 12.5. The topological polar surface area (TPSA) is 3.24 Å². The van der Waals surface area contributed by atoms with Crippen molar-refractivity contribution in [2.24, 2.45) is 5.92 Å². The summed E-state index contributed by atoms with van der Waals surface area (Å²) in [4.78, 5) is 2.69. The predicted molar refractivity (Wildman–Crippen MR) is 81.4 cm³/mol. The number of alkyl halides is 1. The Kier molecular flexibility index (Phi) is 3.93. The molecule has 2 fully saturated rings. The van der Waals surface area contributed by atoms with Crippen LogP contribution in [0, 0.1) is 5.92 Å². The molecule has 1 aromatic rings. The Morgan fingerprint density at radius 2 is 1.72 bits per heavy atom. The van der Waals surface area contributed by atoms with Crippen molar-refractivity contribution in [3.8, 4) is 0 Å². The summed E-state index contributed by atoms with van der Waals surface area (Å²) in [6, 6.07) is 9.97. The molecule has 1 aromatic carbocycles. The quantitative estimate of drug-likeness (QED) is 0.713. The predicted octanol–water partition coefficient (Wildman–Crippen LogP) is 4.74. The largest absolute Gasteiger partial charge is 0.368 e. The van der Waals surface area contributed by atoms with E-state index in [2.05, 4.69) is 45.1 Å². The number of hydrogen-bond donors (Lipinski definition) is 0. The molecule has 3 rings (SSSR count). The summed E-state index contributed by atoms with van der Waals surface area (Å²) in [5.41, 5.74) is 2.81. The first-order valence-electron chi connectivity index (χ1n) is 7.30. The Morgan fingerprint density at radius 1 is 1.00 bits per heavy atom. The highest BCUT2D eigenvalue weighted by atomic mass is 79.9. The molecule has 2 atom stereocenters. The summed E-state index contributed by atoms with van der Waals surface area (Å²) in [6.45, 7) is 1.26. The van der Waals surface area contributed by atoms with Crippen molar-refractivity contribution in [3.05, 3.63) is 29.8 Å². The maximum Gasteiger partial charge on any atom is 0.0368 e. The van der Waals surface area contributed by atoms with E-state index in [-0.39, 0.29) is 0 Å². The molecule has 0 spiro atoms. The second kappa shape index (κ2) is 5.64. The van der Waals surface area contributed by atoms with E-state index < -0.39 is 0 Å². The fourth-order valence-corrected chi connectivity index (χ4v) is 4.10. The van der Waals surface area contributed by atoms with Gasteiger partial charge >= 0.3 is 0 Å². The summed E-state index contributed by atoms with van der Waals surface area (Å²) < 4.78 is 0. The summed E-state index contributed by atoms with van der Waals surface area (Å²) in [6.07, 6.45) is 8.59. The summed E-state index contributed by atoms with van der Waals surface area (Å²) in [7, 11) is 0. The lowest BCUT2D eigenvalue weighted by Crippen LogP contribution is -2.46. The van der Waals surface area contributed by atoms with Gasteiger partial charge in [-0.15, -0.1) is 0 Å². The van der Waals surface area contributed by atoms with Crippen LogP contribution in [-0.2, 0) is 5.33 Å². The number of benzene rings is 1. The molecule has 1 aliphatic heterocycles. The van der Waals surface area contributed by atoms with E-state index in [0.717, 1.165) is 17.3 Å². The van der Waals surface area contributed by atoms with Gasteiger partial charge in [0, 0.05) is 23.6 Å². The second-order valence-corrected chi connectivity index (χ2v) is 6.31. The minimum Gasteiger partial charge on any atom is -0.368 e. The van der Waals surface area contributed by atoms with Crippen molar-refractivity contribution >= 4 is 21.6 Å². The third-order valence-corrected chi connectivity index (χ3v) is 5.31. The van der Waals surface area contributed by atoms with Crippen LogP contribution >= 0.6 is 15.9 Å².